The summed E-state index contributed by atoms with van der Waals surface area (Å²) in [6, 6.07) is 0. The van der Waals surface area contributed by atoms with Crippen LogP contribution >= 0.6 is 0 Å². The molecule has 0 saturated carbocycles. The van der Waals surface area contributed by atoms with E-state index < -0.39 is 0 Å². The van der Waals surface area contributed by atoms with Gasteiger partial charge in [0.25, 0.3) is 0 Å². The van der Waals surface area contributed by atoms with E-state index in [4.69, 9.17) is 4.74 Å². The molecule has 0 unspecified atom stereocenters. The van der Waals surface area contributed by atoms with Crippen molar-refractivity contribution in [3.8, 4) is 0 Å². The predicted octanol–water partition coefficient (Wildman–Crippen LogP) is 1.37. The second-order valence-corrected chi connectivity index (χ2v) is 2.62. The third-order valence-electron chi connectivity index (χ3n) is 2.14. The minimum atomic E-state index is 0.421. The smallest absolute Gasteiger partial charge is 0.0765 e. The monoisotopic (exact) mass is 122 g/mol. The SMILES string of the molecule is COC1C2C=CC1C=C2. The van der Waals surface area contributed by atoms with Gasteiger partial charge in [0.1, 0.15) is 0 Å². The zero-order chi connectivity index (χ0) is 6.27. The Morgan fingerprint density at radius 2 is 1.44 bits per heavy atom. The molecule has 0 amide bonds. The fraction of sp³-hybridized carbons (Fsp3) is 0.500. The topological polar surface area (TPSA) is 9.23 Å². The van der Waals surface area contributed by atoms with Crippen LogP contribution in [0.2, 0.25) is 0 Å². The van der Waals surface area contributed by atoms with Crippen LogP contribution in [0.3, 0.4) is 0 Å². The van der Waals surface area contributed by atoms with Crippen LogP contribution in [0.1, 0.15) is 0 Å². The Kier molecular flexibility index (Phi) is 0.995. The molecule has 1 heteroatoms. The molecule has 0 aromatic carbocycles. The third kappa shape index (κ3) is 0.583. The largest absolute Gasteiger partial charge is 0.380 e. The molecule has 2 bridgehead atoms. The van der Waals surface area contributed by atoms with Crippen LogP contribution in [0.5, 0.6) is 0 Å². The summed E-state index contributed by atoms with van der Waals surface area (Å²) in [5.74, 6) is 1.14. The Morgan fingerprint density at radius 1 is 1.00 bits per heavy atom. The summed E-state index contributed by atoms with van der Waals surface area (Å²) in [6.45, 7) is 0. The highest BCUT2D eigenvalue weighted by molar-refractivity contribution is 5.26. The highest BCUT2D eigenvalue weighted by Gasteiger charge is 2.32. The average Bonchev–Trinajstić information content (AvgIpc) is 2.44. The van der Waals surface area contributed by atoms with E-state index in [-0.39, 0.29) is 0 Å². The lowest BCUT2D eigenvalue weighted by molar-refractivity contribution is 0.0800. The fourth-order valence-corrected chi connectivity index (χ4v) is 1.65. The molecule has 0 aromatic rings. The molecule has 0 aliphatic heterocycles. The molecule has 0 fully saturated rings. The van der Waals surface area contributed by atoms with E-state index in [0.717, 1.165) is 0 Å². The van der Waals surface area contributed by atoms with Crippen molar-refractivity contribution in [2.24, 2.45) is 11.8 Å². The number of hydrogen-bond donors (Lipinski definition) is 0. The molecule has 48 valence electrons. The van der Waals surface area contributed by atoms with Crippen LogP contribution in [0.15, 0.2) is 24.3 Å². The second-order valence-electron chi connectivity index (χ2n) is 2.62. The van der Waals surface area contributed by atoms with Crippen molar-refractivity contribution in [1.82, 2.24) is 0 Å². The highest BCUT2D eigenvalue weighted by Crippen LogP contribution is 2.34. The molecule has 0 N–H and O–H groups in total. The maximum Gasteiger partial charge on any atom is 0.0765 e. The van der Waals surface area contributed by atoms with E-state index in [2.05, 4.69) is 24.3 Å². The van der Waals surface area contributed by atoms with Crippen molar-refractivity contribution in [1.29, 1.82) is 0 Å². The van der Waals surface area contributed by atoms with Crippen molar-refractivity contribution in [3.05, 3.63) is 24.3 Å². The van der Waals surface area contributed by atoms with Crippen LogP contribution in [0.4, 0.5) is 0 Å². The van der Waals surface area contributed by atoms with Gasteiger partial charge >= 0.3 is 0 Å². The number of methoxy groups -OCH3 is 1. The predicted molar refractivity (Wildman–Crippen MR) is 36.1 cm³/mol. The molecule has 0 heterocycles. The summed E-state index contributed by atoms with van der Waals surface area (Å²) in [5.41, 5.74) is 0. The minimum Gasteiger partial charge on any atom is -0.380 e. The van der Waals surface area contributed by atoms with Crippen LogP contribution < -0.4 is 0 Å². The zero-order valence-corrected chi connectivity index (χ0v) is 5.45. The summed E-state index contributed by atoms with van der Waals surface area (Å²) in [7, 11) is 1.78. The summed E-state index contributed by atoms with van der Waals surface area (Å²) >= 11 is 0. The van der Waals surface area contributed by atoms with Gasteiger partial charge in [-0.3, -0.25) is 0 Å². The van der Waals surface area contributed by atoms with Crippen LogP contribution in [-0.2, 0) is 4.74 Å². The number of rotatable bonds is 1. The first-order valence-electron chi connectivity index (χ1n) is 3.31. The summed E-state index contributed by atoms with van der Waals surface area (Å²) in [5, 5.41) is 0. The van der Waals surface area contributed by atoms with Crippen molar-refractivity contribution >= 4 is 0 Å². The summed E-state index contributed by atoms with van der Waals surface area (Å²) < 4.78 is 5.27. The van der Waals surface area contributed by atoms with Crippen molar-refractivity contribution in [3.63, 3.8) is 0 Å². The van der Waals surface area contributed by atoms with E-state index >= 15 is 0 Å². The number of ether oxygens (including phenoxy) is 1. The summed E-state index contributed by atoms with van der Waals surface area (Å²) in [4.78, 5) is 0. The highest BCUT2D eigenvalue weighted by atomic mass is 16.5. The lowest BCUT2D eigenvalue weighted by atomic mass is 10.1. The zero-order valence-electron chi connectivity index (χ0n) is 5.45. The summed E-state index contributed by atoms with van der Waals surface area (Å²) in [6.07, 6.45) is 9.31. The van der Waals surface area contributed by atoms with Crippen molar-refractivity contribution < 1.29 is 4.74 Å². The molecule has 2 aliphatic carbocycles. The quantitative estimate of drug-likeness (QED) is 0.477. The van der Waals surface area contributed by atoms with Gasteiger partial charge in [-0.25, -0.2) is 0 Å². The van der Waals surface area contributed by atoms with Gasteiger partial charge in [-0.2, -0.15) is 0 Å². The standard InChI is InChI=1S/C8H10O/c1-9-8-6-2-3-7(8)5-4-6/h2-8H,1H3. The first-order valence-corrected chi connectivity index (χ1v) is 3.31. The lowest BCUT2D eigenvalue weighted by Crippen LogP contribution is -2.16. The number of fused-ring (bicyclic) bond motifs is 2. The Morgan fingerprint density at radius 3 is 1.67 bits per heavy atom. The Labute approximate surface area is 55.0 Å². The molecule has 0 radical (unpaired) electrons. The molecule has 2 rings (SSSR count). The van der Waals surface area contributed by atoms with Crippen molar-refractivity contribution in [2.45, 2.75) is 6.10 Å². The Bertz CT molecular complexity index is 139. The molecule has 2 aliphatic rings. The average molecular weight is 122 g/mol. The lowest BCUT2D eigenvalue weighted by Gasteiger charge is -2.12. The first-order chi connectivity index (χ1) is 4.42. The van der Waals surface area contributed by atoms with Gasteiger partial charge in [0.2, 0.25) is 0 Å². The van der Waals surface area contributed by atoms with Gasteiger partial charge in [-0.15, -0.1) is 0 Å². The van der Waals surface area contributed by atoms with E-state index in [1.807, 2.05) is 0 Å². The molecule has 0 atom stereocenters. The van der Waals surface area contributed by atoms with Gasteiger partial charge < -0.3 is 4.74 Å². The first kappa shape index (κ1) is 5.24. The molecular formula is C8H10O. The number of hydrogen-bond acceptors (Lipinski definition) is 1. The maximum absolute atomic E-state index is 5.27. The fourth-order valence-electron chi connectivity index (χ4n) is 1.65. The molecule has 0 spiro atoms. The Balaban J connectivity index is 2.20. The molecule has 9 heavy (non-hydrogen) atoms. The van der Waals surface area contributed by atoms with E-state index in [1.165, 1.54) is 0 Å². The van der Waals surface area contributed by atoms with Gasteiger partial charge in [0.15, 0.2) is 0 Å². The van der Waals surface area contributed by atoms with Crippen LogP contribution in [-0.4, -0.2) is 13.2 Å². The van der Waals surface area contributed by atoms with E-state index in [9.17, 15) is 0 Å². The normalized spacial score (nSPS) is 44.8. The van der Waals surface area contributed by atoms with Gasteiger partial charge in [0, 0.05) is 18.9 Å². The molecule has 0 saturated heterocycles. The van der Waals surface area contributed by atoms with E-state index in [1.54, 1.807) is 7.11 Å². The van der Waals surface area contributed by atoms with E-state index in [0.29, 0.717) is 17.9 Å². The van der Waals surface area contributed by atoms with Gasteiger partial charge in [-0.05, 0) is 0 Å². The third-order valence-corrected chi connectivity index (χ3v) is 2.14. The van der Waals surface area contributed by atoms with Crippen molar-refractivity contribution in [2.75, 3.05) is 7.11 Å². The molecule has 0 aromatic heterocycles. The van der Waals surface area contributed by atoms with Crippen LogP contribution in [0, 0.1) is 11.8 Å². The van der Waals surface area contributed by atoms with Crippen LogP contribution in [0.25, 0.3) is 0 Å². The molecular weight excluding hydrogens is 112 g/mol. The minimum absolute atomic E-state index is 0.421. The Hall–Kier alpha value is -0.560. The maximum atomic E-state index is 5.27. The molecule has 1 nitrogen and oxygen atoms in total. The van der Waals surface area contributed by atoms with Gasteiger partial charge in [-0.1, -0.05) is 24.3 Å². The van der Waals surface area contributed by atoms with Gasteiger partial charge in [0.05, 0.1) is 6.10 Å². The second kappa shape index (κ2) is 1.71.